The number of amidine groups is 1. The van der Waals surface area contributed by atoms with Gasteiger partial charge in [-0.2, -0.15) is 4.99 Å². The van der Waals surface area contributed by atoms with Gasteiger partial charge in [0.15, 0.2) is 23.3 Å². The first-order chi connectivity index (χ1) is 15.7. The van der Waals surface area contributed by atoms with Crippen LogP contribution in [0.5, 0.6) is 11.5 Å². The predicted octanol–water partition coefficient (Wildman–Crippen LogP) is 4.17. The van der Waals surface area contributed by atoms with Crippen molar-refractivity contribution in [2.24, 2.45) is 4.99 Å². The number of halogens is 1. The van der Waals surface area contributed by atoms with Gasteiger partial charge in [-0.1, -0.05) is 23.7 Å². The minimum Gasteiger partial charge on any atom is -0.490 e. The van der Waals surface area contributed by atoms with Crippen molar-refractivity contribution >= 4 is 58.0 Å². The van der Waals surface area contributed by atoms with Crippen LogP contribution in [0.15, 0.2) is 46.3 Å². The molecule has 2 aromatic rings. The Morgan fingerprint density at radius 3 is 2.67 bits per heavy atom. The average Bonchev–Trinajstić information content (AvgIpc) is 3.05. The number of hydrogen-bond acceptors (Lipinski definition) is 6. The van der Waals surface area contributed by atoms with Crippen molar-refractivity contribution in [3.8, 4) is 11.5 Å². The highest BCUT2D eigenvalue weighted by Gasteiger charge is 2.23. The van der Waals surface area contributed by atoms with Gasteiger partial charge >= 0.3 is 0 Å². The van der Waals surface area contributed by atoms with Crippen LogP contribution >= 0.6 is 23.4 Å². The lowest BCUT2D eigenvalue weighted by atomic mass is 10.2. The second kappa shape index (κ2) is 11.0. The maximum absolute atomic E-state index is 12.3. The Morgan fingerprint density at radius 1 is 1.18 bits per heavy atom. The zero-order valence-corrected chi connectivity index (χ0v) is 19.8. The summed E-state index contributed by atoms with van der Waals surface area (Å²) in [6, 6.07) is 10.7. The standard InChI is InChI=1S/C23H22ClN3O5S/c1-4-31-18-10-15(11-19-22(30)27-23(33-19)25-14(3)28)9-17(24)21(18)32-12-20(29)26-16-7-5-6-13(2)8-16/h5-11H,4,12H2,1-3H3,(H,26,29)(H,25,27,28,30)/b19-11-. The molecule has 0 aliphatic carbocycles. The number of rotatable bonds is 7. The van der Waals surface area contributed by atoms with Crippen LogP contribution in [0.25, 0.3) is 6.08 Å². The summed E-state index contributed by atoms with van der Waals surface area (Å²) < 4.78 is 11.3. The lowest BCUT2D eigenvalue weighted by Gasteiger charge is -2.14. The minimum absolute atomic E-state index is 0.217. The number of hydrogen-bond donors (Lipinski definition) is 2. The van der Waals surface area contributed by atoms with Crippen molar-refractivity contribution in [3.63, 3.8) is 0 Å². The van der Waals surface area contributed by atoms with Crippen LogP contribution in [0.4, 0.5) is 5.69 Å². The molecule has 10 heteroatoms. The van der Waals surface area contributed by atoms with Gasteiger partial charge in [0.2, 0.25) is 5.91 Å². The molecule has 3 rings (SSSR count). The highest BCUT2D eigenvalue weighted by atomic mass is 35.5. The van der Waals surface area contributed by atoms with Crippen molar-refractivity contribution in [3.05, 3.63) is 57.5 Å². The van der Waals surface area contributed by atoms with Gasteiger partial charge < -0.3 is 20.1 Å². The molecular formula is C23H22ClN3O5S. The first kappa shape index (κ1) is 24.3. The Hall–Kier alpha value is -3.30. The topological polar surface area (TPSA) is 106 Å². The van der Waals surface area contributed by atoms with E-state index in [1.54, 1.807) is 31.2 Å². The normalized spacial score (nSPS) is 14.1. The number of amides is 3. The summed E-state index contributed by atoms with van der Waals surface area (Å²) in [5.74, 6) is -0.573. The smallest absolute Gasteiger partial charge is 0.286 e. The number of aliphatic imine (C=N–C) groups is 1. The number of nitrogens with zero attached hydrogens (tertiary/aromatic N) is 1. The van der Waals surface area contributed by atoms with Crippen LogP contribution < -0.4 is 20.1 Å². The summed E-state index contributed by atoms with van der Waals surface area (Å²) in [6.45, 7) is 5.14. The van der Waals surface area contributed by atoms with Crippen molar-refractivity contribution in [1.82, 2.24) is 5.32 Å². The number of carbonyl (C=O) groups is 3. The zero-order chi connectivity index (χ0) is 24.0. The van der Waals surface area contributed by atoms with Crippen molar-refractivity contribution in [2.45, 2.75) is 20.8 Å². The van der Waals surface area contributed by atoms with E-state index in [0.29, 0.717) is 28.5 Å². The van der Waals surface area contributed by atoms with Gasteiger partial charge in [-0.15, -0.1) is 0 Å². The van der Waals surface area contributed by atoms with E-state index in [4.69, 9.17) is 21.1 Å². The van der Waals surface area contributed by atoms with E-state index in [-0.39, 0.29) is 34.4 Å². The van der Waals surface area contributed by atoms with Crippen LogP contribution in [0.3, 0.4) is 0 Å². The summed E-state index contributed by atoms with van der Waals surface area (Å²) in [4.78, 5) is 39.7. The van der Waals surface area contributed by atoms with E-state index >= 15 is 0 Å². The zero-order valence-electron chi connectivity index (χ0n) is 18.2. The summed E-state index contributed by atoms with van der Waals surface area (Å²) in [6.07, 6.45) is 1.59. The summed E-state index contributed by atoms with van der Waals surface area (Å²) >= 11 is 7.46. The highest BCUT2D eigenvalue weighted by molar-refractivity contribution is 8.18. The molecular weight excluding hydrogens is 466 g/mol. The minimum atomic E-state index is -0.467. The first-order valence-corrected chi connectivity index (χ1v) is 11.2. The molecule has 0 saturated heterocycles. The third-order valence-electron chi connectivity index (χ3n) is 4.18. The second-order valence-corrected chi connectivity index (χ2v) is 8.42. The summed E-state index contributed by atoms with van der Waals surface area (Å²) in [5, 5.41) is 5.69. The molecule has 3 amide bonds. The van der Waals surface area contributed by atoms with E-state index in [9.17, 15) is 14.4 Å². The van der Waals surface area contributed by atoms with Gasteiger partial charge in [-0.3, -0.25) is 14.4 Å². The number of aryl methyl sites for hydroxylation is 1. The summed E-state index contributed by atoms with van der Waals surface area (Å²) in [7, 11) is 0. The molecule has 0 saturated carbocycles. The Labute approximate surface area is 200 Å². The lowest BCUT2D eigenvalue weighted by Crippen LogP contribution is -2.23. The molecule has 1 aliphatic heterocycles. The van der Waals surface area contributed by atoms with E-state index in [1.807, 2.05) is 25.1 Å². The predicted molar refractivity (Wildman–Crippen MR) is 130 cm³/mol. The fourth-order valence-corrected chi connectivity index (χ4v) is 4.03. The fraction of sp³-hybridized carbons (Fsp3) is 0.217. The van der Waals surface area contributed by atoms with Gasteiger partial charge in [0.05, 0.1) is 16.5 Å². The number of carbonyl (C=O) groups excluding carboxylic acids is 3. The largest absolute Gasteiger partial charge is 0.490 e. The molecule has 1 heterocycles. The third-order valence-corrected chi connectivity index (χ3v) is 5.36. The van der Waals surface area contributed by atoms with E-state index < -0.39 is 5.91 Å². The molecule has 2 N–H and O–H groups in total. The fourth-order valence-electron chi connectivity index (χ4n) is 2.90. The van der Waals surface area contributed by atoms with Crippen molar-refractivity contribution in [2.75, 3.05) is 18.5 Å². The van der Waals surface area contributed by atoms with Gasteiger partial charge in [0.25, 0.3) is 11.8 Å². The van der Waals surface area contributed by atoms with E-state index in [0.717, 1.165) is 17.3 Å². The second-order valence-electron chi connectivity index (χ2n) is 6.98. The van der Waals surface area contributed by atoms with Gasteiger partial charge in [0, 0.05) is 12.6 Å². The van der Waals surface area contributed by atoms with Crippen LogP contribution in [-0.4, -0.2) is 36.1 Å². The van der Waals surface area contributed by atoms with E-state index in [2.05, 4.69) is 15.6 Å². The molecule has 1 aliphatic rings. The molecule has 2 aromatic carbocycles. The Kier molecular flexibility index (Phi) is 8.13. The molecule has 0 atom stereocenters. The van der Waals surface area contributed by atoms with E-state index in [1.165, 1.54) is 6.92 Å². The number of thioether (sulfide) groups is 1. The highest BCUT2D eigenvalue weighted by Crippen LogP contribution is 2.38. The van der Waals surface area contributed by atoms with Gasteiger partial charge in [0.1, 0.15) is 0 Å². The molecule has 8 nitrogen and oxygen atoms in total. The van der Waals surface area contributed by atoms with Gasteiger partial charge in [-0.05, 0) is 67.1 Å². The Morgan fingerprint density at radius 2 is 1.97 bits per heavy atom. The molecule has 33 heavy (non-hydrogen) atoms. The van der Waals surface area contributed by atoms with Crippen molar-refractivity contribution < 1.29 is 23.9 Å². The maximum Gasteiger partial charge on any atom is 0.286 e. The SMILES string of the molecule is CCOc1cc(/C=C2\SC(NC(C)=O)=NC2=O)cc(Cl)c1OCC(=O)Nc1cccc(C)c1. The van der Waals surface area contributed by atoms with Crippen LogP contribution in [0, 0.1) is 6.92 Å². The Balaban J connectivity index is 1.74. The molecule has 0 aromatic heterocycles. The Bertz CT molecular complexity index is 1160. The number of anilines is 1. The van der Waals surface area contributed by atoms with Crippen LogP contribution in [0.2, 0.25) is 5.02 Å². The van der Waals surface area contributed by atoms with Gasteiger partial charge in [-0.25, -0.2) is 0 Å². The number of nitrogens with one attached hydrogen (secondary N) is 2. The lowest BCUT2D eigenvalue weighted by molar-refractivity contribution is -0.118. The number of ether oxygens (including phenoxy) is 2. The average molecular weight is 488 g/mol. The van der Waals surface area contributed by atoms with Crippen LogP contribution in [0.1, 0.15) is 25.0 Å². The molecule has 0 spiro atoms. The van der Waals surface area contributed by atoms with Crippen molar-refractivity contribution in [1.29, 1.82) is 0 Å². The molecule has 0 fully saturated rings. The quantitative estimate of drug-likeness (QED) is 0.568. The molecule has 0 unspecified atom stereocenters. The maximum atomic E-state index is 12.3. The number of benzene rings is 2. The first-order valence-electron chi connectivity index (χ1n) is 10.0. The monoisotopic (exact) mass is 487 g/mol. The molecule has 172 valence electrons. The summed E-state index contributed by atoms with van der Waals surface area (Å²) in [5.41, 5.74) is 2.27. The molecule has 0 bridgehead atoms. The van der Waals surface area contributed by atoms with Crippen LogP contribution in [-0.2, 0) is 14.4 Å². The molecule has 0 radical (unpaired) electrons. The third kappa shape index (κ3) is 6.84.